The number of hydrogen-bond donors (Lipinski definition) is 2. The molecule has 3 heterocycles. The van der Waals surface area contributed by atoms with Crippen LogP contribution < -0.4 is 15.4 Å². The molecule has 0 aromatic carbocycles. The van der Waals surface area contributed by atoms with Gasteiger partial charge in [0, 0.05) is 18.1 Å². The summed E-state index contributed by atoms with van der Waals surface area (Å²) < 4.78 is 10.7. The van der Waals surface area contributed by atoms with E-state index in [1.165, 1.54) is 0 Å². The van der Waals surface area contributed by atoms with Gasteiger partial charge in [-0.3, -0.25) is 4.98 Å². The van der Waals surface area contributed by atoms with Crippen molar-refractivity contribution in [3.05, 3.63) is 48.7 Å². The van der Waals surface area contributed by atoms with E-state index >= 15 is 0 Å². The summed E-state index contributed by atoms with van der Waals surface area (Å²) in [6.45, 7) is 2.81. The van der Waals surface area contributed by atoms with Crippen molar-refractivity contribution in [2.24, 2.45) is 0 Å². The quantitative estimate of drug-likeness (QED) is 0.687. The monoisotopic (exact) mass is 312 g/mol. The van der Waals surface area contributed by atoms with Gasteiger partial charge in [0.05, 0.1) is 19.4 Å². The number of ether oxygens (including phenoxy) is 1. The molecule has 0 saturated heterocycles. The molecule has 0 unspecified atom stereocenters. The molecule has 118 valence electrons. The molecule has 0 bridgehead atoms. The third kappa shape index (κ3) is 4.16. The van der Waals surface area contributed by atoms with Crippen molar-refractivity contribution in [2.45, 2.75) is 13.5 Å². The minimum absolute atomic E-state index is 0.251. The summed E-state index contributed by atoms with van der Waals surface area (Å²) in [4.78, 5) is 16.7. The first-order valence-corrected chi connectivity index (χ1v) is 7.15. The van der Waals surface area contributed by atoms with Gasteiger partial charge < -0.3 is 19.8 Å². The molecule has 0 atom stereocenters. The Morgan fingerprint density at radius 1 is 1.09 bits per heavy atom. The summed E-state index contributed by atoms with van der Waals surface area (Å²) in [6.07, 6.45) is 4.98. The van der Waals surface area contributed by atoms with E-state index in [-0.39, 0.29) is 6.01 Å². The van der Waals surface area contributed by atoms with Crippen molar-refractivity contribution in [3.63, 3.8) is 0 Å². The molecular weight excluding hydrogens is 296 g/mol. The van der Waals surface area contributed by atoms with Gasteiger partial charge in [0.15, 0.2) is 0 Å². The van der Waals surface area contributed by atoms with E-state index in [2.05, 4.69) is 30.6 Å². The van der Waals surface area contributed by atoms with E-state index in [4.69, 9.17) is 9.15 Å². The summed E-state index contributed by atoms with van der Waals surface area (Å²) in [7, 11) is 0. The lowest BCUT2D eigenvalue weighted by Crippen LogP contribution is -2.09. The molecule has 3 rings (SSSR count). The Morgan fingerprint density at radius 3 is 2.65 bits per heavy atom. The number of hydrogen-bond acceptors (Lipinski definition) is 8. The fraction of sp³-hybridized carbons (Fsp3) is 0.200. The topological polar surface area (TPSA) is 98.0 Å². The van der Waals surface area contributed by atoms with Gasteiger partial charge in [-0.05, 0) is 31.2 Å². The van der Waals surface area contributed by atoms with Crippen LogP contribution in [0, 0.1) is 0 Å². The van der Waals surface area contributed by atoms with E-state index in [1.54, 1.807) is 18.7 Å². The average Bonchev–Trinajstić information content (AvgIpc) is 3.08. The highest BCUT2D eigenvalue weighted by Gasteiger charge is 2.08. The molecule has 8 heteroatoms. The van der Waals surface area contributed by atoms with Gasteiger partial charge in [-0.1, -0.05) is 0 Å². The fourth-order valence-electron chi connectivity index (χ4n) is 1.83. The maximum absolute atomic E-state index is 5.38. The highest BCUT2D eigenvalue weighted by molar-refractivity contribution is 5.53. The van der Waals surface area contributed by atoms with Gasteiger partial charge in [-0.15, -0.1) is 0 Å². The Kier molecular flexibility index (Phi) is 4.63. The lowest BCUT2D eigenvalue weighted by molar-refractivity contribution is 0.312. The van der Waals surface area contributed by atoms with Crippen LogP contribution in [0.3, 0.4) is 0 Å². The van der Waals surface area contributed by atoms with Crippen molar-refractivity contribution >= 4 is 17.6 Å². The highest BCUT2D eigenvalue weighted by atomic mass is 16.5. The number of rotatable bonds is 7. The first-order chi connectivity index (χ1) is 11.3. The van der Waals surface area contributed by atoms with Crippen LogP contribution in [0.2, 0.25) is 0 Å². The lowest BCUT2D eigenvalue weighted by atomic mass is 10.4. The number of nitrogens with zero attached hydrogens (tertiary/aromatic N) is 4. The van der Waals surface area contributed by atoms with E-state index < -0.39 is 0 Å². The summed E-state index contributed by atoms with van der Waals surface area (Å²) in [6, 6.07) is 7.58. The molecule has 8 nitrogen and oxygen atoms in total. The number of furan rings is 1. The van der Waals surface area contributed by atoms with E-state index in [1.807, 2.05) is 31.2 Å². The predicted octanol–water partition coefficient (Wildman–Crippen LogP) is 2.61. The normalized spacial score (nSPS) is 10.3. The zero-order valence-corrected chi connectivity index (χ0v) is 12.6. The Labute approximate surface area is 133 Å². The lowest BCUT2D eigenvalue weighted by Gasteiger charge is -2.09. The van der Waals surface area contributed by atoms with E-state index in [9.17, 15) is 0 Å². The minimum atomic E-state index is 0.251. The van der Waals surface area contributed by atoms with Gasteiger partial charge in [-0.2, -0.15) is 15.0 Å². The summed E-state index contributed by atoms with van der Waals surface area (Å²) in [5.74, 6) is 1.57. The Bertz CT molecular complexity index is 733. The molecular formula is C15H16N6O2. The number of pyridine rings is 1. The molecule has 0 saturated carbocycles. The van der Waals surface area contributed by atoms with Crippen LogP contribution in [0.5, 0.6) is 6.01 Å². The van der Waals surface area contributed by atoms with E-state index in [0.29, 0.717) is 25.0 Å². The van der Waals surface area contributed by atoms with Crippen molar-refractivity contribution in [1.29, 1.82) is 0 Å². The van der Waals surface area contributed by atoms with Gasteiger partial charge in [-0.25, -0.2) is 0 Å². The standard InChI is InChI=1S/C15H16N6O2/c1-2-22-15-20-13(17-10-12-4-3-9-23-12)19-14(21-15)18-11-5-7-16-8-6-11/h3-9H,2,10H2,1H3,(H2,16,17,18,19,20,21). The van der Waals surface area contributed by atoms with Crippen molar-refractivity contribution in [3.8, 4) is 6.01 Å². The second-order valence-corrected chi connectivity index (χ2v) is 4.49. The fourth-order valence-corrected chi connectivity index (χ4v) is 1.83. The molecule has 23 heavy (non-hydrogen) atoms. The van der Waals surface area contributed by atoms with Crippen LogP contribution in [-0.4, -0.2) is 26.5 Å². The molecule has 3 aromatic heterocycles. The highest BCUT2D eigenvalue weighted by Crippen LogP contribution is 2.16. The largest absolute Gasteiger partial charge is 0.467 e. The summed E-state index contributed by atoms with van der Waals surface area (Å²) in [5.41, 5.74) is 0.825. The molecule has 0 aliphatic carbocycles. The maximum Gasteiger partial charge on any atom is 0.323 e. The molecule has 0 aliphatic heterocycles. The maximum atomic E-state index is 5.38. The van der Waals surface area contributed by atoms with Crippen LogP contribution >= 0.6 is 0 Å². The third-order valence-electron chi connectivity index (χ3n) is 2.83. The zero-order valence-electron chi connectivity index (χ0n) is 12.6. The first kappa shape index (κ1) is 14.8. The predicted molar refractivity (Wildman–Crippen MR) is 84.6 cm³/mol. The number of aromatic nitrogens is 4. The molecule has 3 aromatic rings. The minimum Gasteiger partial charge on any atom is -0.467 e. The SMILES string of the molecule is CCOc1nc(NCc2ccco2)nc(Nc2ccncc2)n1. The van der Waals surface area contributed by atoms with Crippen molar-refractivity contribution in [1.82, 2.24) is 19.9 Å². The first-order valence-electron chi connectivity index (χ1n) is 7.15. The van der Waals surface area contributed by atoms with Crippen molar-refractivity contribution < 1.29 is 9.15 Å². The van der Waals surface area contributed by atoms with Gasteiger partial charge >= 0.3 is 6.01 Å². The van der Waals surface area contributed by atoms with Crippen LogP contribution in [0.1, 0.15) is 12.7 Å². The average molecular weight is 312 g/mol. The molecule has 0 aliphatic rings. The van der Waals surface area contributed by atoms with Gasteiger partial charge in [0.2, 0.25) is 11.9 Å². The molecule has 0 amide bonds. The van der Waals surface area contributed by atoms with E-state index in [0.717, 1.165) is 11.4 Å². The number of anilines is 3. The van der Waals surface area contributed by atoms with Crippen LogP contribution in [-0.2, 0) is 6.54 Å². The van der Waals surface area contributed by atoms with Crippen LogP contribution in [0.25, 0.3) is 0 Å². The zero-order chi connectivity index (χ0) is 15.9. The second-order valence-electron chi connectivity index (χ2n) is 4.49. The molecule has 0 spiro atoms. The van der Waals surface area contributed by atoms with Crippen LogP contribution in [0.15, 0.2) is 47.3 Å². The van der Waals surface area contributed by atoms with Crippen molar-refractivity contribution in [2.75, 3.05) is 17.2 Å². The number of nitrogens with one attached hydrogen (secondary N) is 2. The van der Waals surface area contributed by atoms with Gasteiger partial charge in [0.25, 0.3) is 0 Å². The second kappa shape index (κ2) is 7.21. The Hall–Kier alpha value is -3.16. The molecule has 0 fully saturated rings. The Balaban J connectivity index is 1.77. The summed E-state index contributed by atoms with van der Waals surface area (Å²) in [5, 5.41) is 6.17. The summed E-state index contributed by atoms with van der Waals surface area (Å²) >= 11 is 0. The molecule has 2 N–H and O–H groups in total. The van der Waals surface area contributed by atoms with Crippen LogP contribution in [0.4, 0.5) is 17.6 Å². The third-order valence-corrected chi connectivity index (χ3v) is 2.83. The molecule has 0 radical (unpaired) electrons. The van der Waals surface area contributed by atoms with Gasteiger partial charge in [0.1, 0.15) is 5.76 Å². The Morgan fingerprint density at radius 2 is 1.91 bits per heavy atom. The smallest absolute Gasteiger partial charge is 0.323 e.